The molecular weight excluding hydrogens is 424 g/mol. The van der Waals surface area contributed by atoms with Crippen molar-refractivity contribution in [2.24, 2.45) is 0 Å². The number of benzene rings is 2. The molecule has 0 aromatic heterocycles. The highest BCUT2D eigenvalue weighted by atomic mass is 19.2. The molecular formula is C25H30F4O3. The molecule has 1 aliphatic carbocycles. The molecule has 0 radical (unpaired) electrons. The Labute approximate surface area is 186 Å². The van der Waals surface area contributed by atoms with E-state index in [0.29, 0.717) is 44.1 Å². The maximum atomic E-state index is 14.5. The predicted molar refractivity (Wildman–Crippen MR) is 114 cm³/mol. The molecule has 0 saturated heterocycles. The van der Waals surface area contributed by atoms with Crippen LogP contribution in [-0.2, 0) is 11.3 Å². The van der Waals surface area contributed by atoms with Gasteiger partial charge < -0.3 is 14.6 Å². The average molecular weight is 455 g/mol. The van der Waals surface area contributed by atoms with E-state index < -0.39 is 29.4 Å². The summed E-state index contributed by atoms with van der Waals surface area (Å²) in [5.74, 6) is -4.10. The lowest BCUT2D eigenvalue weighted by molar-refractivity contribution is 0.0115. The van der Waals surface area contributed by atoms with Gasteiger partial charge in [0.1, 0.15) is 0 Å². The molecule has 0 bridgehead atoms. The molecule has 0 spiro atoms. The van der Waals surface area contributed by atoms with Gasteiger partial charge in [-0.3, -0.25) is 0 Å². The van der Waals surface area contributed by atoms with E-state index in [1.807, 2.05) is 6.92 Å². The van der Waals surface area contributed by atoms with Gasteiger partial charge in [0.15, 0.2) is 23.2 Å². The SMILES string of the molecule is CCCC(O)c1ccc(COC2CCC(c3ccc(OCC)c(F)c3F)CC2)c(F)c1F. The number of aliphatic hydroxyl groups excluding tert-OH is 1. The maximum Gasteiger partial charge on any atom is 0.200 e. The zero-order chi connectivity index (χ0) is 23.3. The van der Waals surface area contributed by atoms with Crippen LogP contribution < -0.4 is 4.74 Å². The molecule has 1 unspecified atom stereocenters. The van der Waals surface area contributed by atoms with Gasteiger partial charge >= 0.3 is 0 Å². The van der Waals surface area contributed by atoms with Crippen LogP contribution in [0.25, 0.3) is 0 Å². The Kier molecular flexibility index (Phi) is 8.54. The van der Waals surface area contributed by atoms with Crippen LogP contribution in [-0.4, -0.2) is 17.8 Å². The Balaban J connectivity index is 1.57. The van der Waals surface area contributed by atoms with Gasteiger partial charge in [-0.15, -0.1) is 0 Å². The first-order chi connectivity index (χ1) is 15.4. The second-order valence-corrected chi connectivity index (χ2v) is 8.24. The number of hydrogen-bond acceptors (Lipinski definition) is 3. The summed E-state index contributed by atoms with van der Waals surface area (Å²) in [5, 5.41) is 9.95. The third-order valence-electron chi connectivity index (χ3n) is 6.08. The lowest BCUT2D eigenvalue weighted by Gasteiger charge is -2.29. The molecule has 3 rings (SSSR count). The van der Waals surface area contributed by atoms with E-state index in [9.17, 15) is 22.7 Å². The van der Waals surface area contributed by atoms with Crippen molar-refractivity contribution in [3.63, 3.8) is 0 Å². The van der Waals surface area contributed by atoms with E-state index in [2.05, 4.69) is 0 Å². The Bertz CT molecular complexity index is 911. The van der Waals surface area contributed by atoms with Crippen LogP contribution in [0.4, 0.5) is 17.6 Å². The van der Waals surface area contributed by atoms with Gasteiger partial charge in [-0.25, -0.2) is 13.2 Å². The van der Waals surface area contributed by atoms with Gasteiger partial charge in [0.25, 0.3) is 0 Å². The van der Waals surface area contributed by atoms with Gasteiger partial charge in [-0.05, 0) is 56.6 Å². The molecule has 2 aromatic rings. The highest BCUT2D eigenvalue weighted by Gasteiger charge is 2.27. The van der Waals surface area contributed by atoms with E-state index in [1.165, 1.54) is 18.2 Å². The highest BCUT2D eigenvalue weighted by molar-refractivity contribution is 5.33. The van der Waals surface area contributed by atoms with Crippen molar-refractivity contribution in [1.82, 2.24) is 0 Å². The summed E-state index contributed by atoms with van der Waals surface area (Å²) in [6.07, 6.45) is 2.23. The van der Waals surface area contributed by atoms with E-state index in [4.69, 9.17) is 9.47 Å². The van der Waals surface area contributed by atoms with Crippen molar-refractivity contribution >= 4 is 0 Å². The van der Waals surface area contributed by atoms with Crippen LogP contribution in [0.15, 0.2) is 24.3 Å². The number of ether oxygens (including phenoxy) is 2. The largest absolute Gasteiger partial charge is 0.491 e. The summed E-state index contributed by atoms with van der Waals surface area (Å²) < 4.78 is 68.3. The first-order valence-electron chi connectivity index (χ1n) is 11.2. The third kappa shape index (κ3) is 5.44. The summed E-state index contributed by atoms with van der Waals surface area (Å²) in [6.45, 7) is 3.73. The van der Waals surface area contributed by atoms with Crippen molar-refractivity contribution in [1.29, 1.82) is 0 Å². The second-order valence-electron chi connectivity index (χ2n) is 8.24. The fourth-order valence-electron chi connectivity index (χ4n) is 4.28. The van der Waals surface area contributed by atoms with E-state index in [-0.39, 0.29) is 42.1 Å². The van der Waals surface area contributed by atoms with Gasteiger partial charge in [-0.2, -0.15) is 4.39 Å². The Morgan fingerprint density at radius 1 is 0.906 bits per heavy atom. The molecule has 1 fully saturated rings. The molecule has 1 aliphatic rings. The van der Waals surface area contributed by atoms with Gasteiger partial charge in [-0.1, -0.05) is 31.5 Å². The van der Waals surface area contributed by atoms with Crippen molar-refractivity contribution in [2.45, 2.75) is 77.1 Å². The molecule has 32 heavy (non-hydrogen) atoms. The van der Waals surface area contributed by atoms with Crippen LogP contribution in [0.1, 0.15) is 81.1 Å². The quantitative estimate of drug-likeness (QED) is 0.428. The normalized spacial score (nSPS) is 19.7. The highest BCUT2D eigenvalue weighted by Crippen LogP contribution is 2.38. The van der Waals surface area contributed by atoms with E-state index in [0.717, 1.165) is 0 Å². The molecule has 1 N–H and O–H groups in total. The minimum Gasteiger partial charge on any atom is -0.491 e. The predicted octanol–water partition coefficient (Wildman–Crippen LogP) is 6.72. The van der Waals surface area contributed by atoms with Crippen molar-refractivity contribution in [3.8, 4) is 5.75 Å². The second kappa shape index (κ2) is 11.1. The molecule has 0 amide bonds. The monoisotopic (exact) mass is 454 g/mol. The van der Waals surface area contributed by atoms with Crippen LogP contribution in [0, 0.1) is 23.3 Å². The van der Waals surface area contributed by atoms with E-state index in [1.54, 1.807) is 13.0 Å². The zero-order valence-electron chi connectivity index (χ0n) is 18.5. The molecule has 7 heteroatoms. The summed E-state index contributed by atoms with van der Waals surface area (Å²) in [5.41, 5.74) is 0.383. The molecule has 0 heterocycles. The average Bonchev–Trinajstić information content (AvgIpc) is 2.79. The van der Waals surface area contributed by atoms with Crippen LogP contribution in [0.5, 0.6) is 5.75 Å². The topological polar surface area (TPSA) is 38.7 Å². The van der Waals surface area contributed by atoms with Crippen molar-refractivity contribution in [3.05, 3.63) is 64.2 Å². The van der Waals surface area contributed by atoms with Crippen LogP contribution in [0.2, 0.25) is 0 Å². The van der Waals surface area contributed by atoms with Crippen molar-refractivity contribution in [2.75, 3.05) is 6.61 Å². The number of hydrogen-bond donors (Lipinski definition) is 1. The molecule has 3 nitrogen and oxygen atoms in total. The Hall–Kier alpha value is -2.12. The Morgan fingerprint density at radius 2 is 1.62 bits per heavy atom. The maximum absolute atomic E-state index is 14.5. The number of rotatable bonds is 9. The van der Waals surface area contributed by atoms with Crippen LogP contribution in [0.3, 0.4) is 0 Å². The molecule has 176 valence electrons. The van der Waals surface area contributed by atoms with Crippen LogP contribution >= 0.6 is 0 Å². The van der Waals surface area contributed by atoms with E-state index >= 15 is 0 Å². The summed E-state index contributed by atoms with van der Waals surface area (Å²) >= 11 is 0. The standard InChI is InChI=1S/C25H30F4O3/c1-3-5-20(30)19-11-8-16(22(26)24(19)28)14-32-17-9-6-15(7-10-17)18-12-13-21(31-4-2)25(29)23(18)27/h8,11-13,15,17,20,30H,3-7,9-10,14H2,1-2H3. The Morgan fingerprint density at radius 3 is 2.28 bits per heavy atom. The molecule has 0 aliphatic heterocycles. The first kappa shape index (κ1) is 24.5. The lowest BCUT2D eigenvalue weighted by Crippen LogP contribution is -2.22. The summed E-state index contributed by atoms with van der Waals surface area (Å²) in [6, 6.07) is 5.87. The smallest absolute Gasteiger partial charge is 0.200 e. The fraction of sp³-hybridized carbons (Fsp3) is 0.520. The lowest BCUT2D eigenvalue weighted by atomic mass is 9.82. The number of halogens is 4. The molecule has 2 aromatic carbocycles. The number of aliphatic hydroxyl groups is 1. The summed E-state index contributed by atoms with van der Waals surface area (Å²) in [7, 11) is 0. The molecule has 1 atom stereocenters. The first-order valence-corrected chi connectivity index (χ1v) is 11.2. The minimum absolute atomic E-state index is 0.0433. The third-order valence-corrected chi connectivity index (χ3v) is 6.08. The zero-order valence-corrected chi connectivity index (χ0v) is 18.5. The minimum atomic E-state index is -1.04. The fourth-order valence-corrected chi connectivity index (χ4v) is 4.28. The summed E-state index contributed by atoms with van der Waals surface area (Å²) in [4.78, 5) is 0. The van der Waals surface area contributed by atoms with Crippen molar-refractivity contribution < 1.29 is 32.1 Å². The van der Waals surface area contributed by atoms with Gasteiger partial charge in [0, 0.05) is 11.1 Å². The molecule has 1 saturated carbocycles. The van der Waals surface area contributed by atoms with Gasteiger partial charge in [0.05, 0.1) is 25.4 Å². The van der Waals surface area contributed by atoms with Gasteiger partial charge in [0.2, 0.25) is 5.82 Å².